The monoisotopic (exact) mass is 361 g/mol. The van der Waals surface area contributed by atoms with E-state index >= 15 is 0 Å². The van der Waals surface area contributed by atoms with E-state index in [1.807, 2.05) is 0 Å². The number of benzene rings is 2. The molecule has 1 heterocycles. The highest BCUT2D eigenvalue weighted by atomic mass is 32.2. The summed E-state index contributed by atoms with van der Waals surface area (Å²) in [6.45, 7) is 0.174. The largest absolute Gasteiger partial charge is 0.334 e. The highest BCUT2D eigenvalue weighted by Crippen LogP contribution is 2.20. The van der Waals surface area contributed by atoms with Crippen LogP contribution in [0.3, 0.4) is 0 Å². The second-order valence-corrected chi connectivity index (χ2v) is 7.43. The van der Waals surface area contributed by atoms with E-state index in [2.05, 4.69) is 10.1 Å². The van der Waals surface area contributed by atoms with Crippen molar-refractivity contribution in [1.29, 1.82) is 0 Å². The van der Waals surface area contributed by atoms with Crippen molar-refractivity contribution in [1.82, 2.24) is 14.4 Å². The molecule has 6 nitrogen and oxygen atoms in total. The van der Waals surface area contributed by atoms with E-state index in [0.29, 0.717) is 5.82 Å². The van der Waals surface area contributed by atoms with Gasteiger partial charge in [0.2, 0.25) is 10.0 Å². The summed E-state index contributed by atoms with van der Waals surface area (Å²) in [6.07, 6.45) is 0.251. The summed E-state index contributed by atoms with van der Waals surface area (Å²) in [5, 5.41) is 3.79. The number of hydrogen-bond acceptors (Lipinski definition) is 5. The summed E-state index contributed by atoms with van der Waals surface area (Å²) >= 11 is 0. The molecule has 1 aromatic heterocycles. The first-order valence-electron chi connectivity index (χ1n) is 7.57. The van der Waals surface area contributed by atoms with Crippen LogP contribution in [-0.4, -0.2) is 36.5 Å². The molecule has 0 saturated carbocycles. The highest BCUT2D eigenvalue weighted by Gasteiger charge is 2.21. The summed E-state index contributed by atoms with van der Waals surface area (Å²) in [7, 11) is -2.09. The van der Waals surface area contributed by atoms with E-state index < -0.39 is 15.8 Å². The van der Waals surface area contributed by atoms with Gasteiger partial charge in [-0.05, 0) is 24.3 Å². The number of nitrogens with zero attached hydrogens (tertiary/aromatic N) is 3. The van der Waals surface area contributed by atoms with Crippen molar-refractivity contribution < 1.29 is 17.3 Å². The van der Waals surface area contributed by atoms with E-state index in [4.69, 9.17) is 4.52 Å². The molecule has 8 heteroatoms. The summed E-state index contributed by atoms with van der Waals surface area (Å²) < 4.78 is 44.9. The third kappa shape index (κ3) is 3.75. The normalized spacial score (nSPS) is 11.8. The van der Waals surface area contributed by atoms with Gasteiger partial charge in [0, 0.05) is 20.0 Å². The molecule has 0 aliphatic heterocycles. The second kappa shape index (κ2) is 7.12. The molecule has 0 bridgehead atoms. The number of likely N-dealkylation sites (N-methyl/N-ethyl adjacent to an activating group) is 1. The van der Waals surface area contributed by atoms with Gasteiger partial charge in [0.1, 0.15) is 5.82 Å². The van der Waals surface area contributed by atoms with Gasteiger partial charge in [-0.1, -0.05) is 35.5 Å². The van der Waals surface area contributed by atoms with Crippen LogP contribution in [0.2, 0.25) is 0 Å². The number of sulfonamides is 1. The summed E-state index contributed by atoms with van der Waals surface area (Å²) in [6, 6.07) is 14.2. The molecule has 3 rings (SSSR count). The minimum atomic E-state index is -3.57. The molecular weight excluding hydrogens is 345 g/mol. The lowest BCUT2D eigenvalue weighted by Crippen LogP contribution is -2.29. The van der Waals surface area contributed by atoms with Crippen LogP contribution < -0.4 is 0 Å². The fourth-order valence-corrected chi connectivity index (χ4v) is 3.44. The van der Waals surface area contributed by atoms with Gasteiger partial charge in [0.15, 0.2) is 5.82 Å². The molecule has 0 atom stereocenters. The summed E-state index contributed by atoms with van der Waals surface area (Å²) in [4.78, 5) is 4.35. The van der Waals surface area contributed by atoms with Crippen molar-refractivity contribution in [3.8, 4) is 11.5 Å². The van der Waals surface area contributed by atoms with Crippen LogP contribution in [0.5, 0.6) is 0 Å². The van der Waals surface area contributed by atoms with Gasteiger partial charge in [0.05, 0.1) is 10.5 Å². The van der Waals surface area contributed by atoms with Crippen LogP contribution in [0.4, 0.5) is 4.39 Å². The SMILES string of the molecule is CN(CCc1noc(-c2ccccc2F)n1)S(=O)(=O)c1ccccc1. The maximum atomic E-state index is 13.7. The van der Waals surface area contributed by atoms with Crippen molar-refractivity contribution in [2.45, 2.75) is 11.3 Å². The third-order valence-electron chi connectivity index (χ3n) is 3.67. The maximum Gasteiger partial charge on any atom is 0.260 e. The zero-order valence-electron chi connectivity index (χ0n) is 13.5. The van der Waals surface area contributed by atoms with E-state index in [0.717, 1.165) is 0 Å². The van der Waals surface area contributed by atoms with Gasteiger partial charge in [-0.25, -0.2) is 17.1 Å². The molecule has 0 saturated heterocycles. The van der Waals surface area contributed by atoms with E-state index in [1.54, 1.807) is 36.4 Å². The first-order valence-corrected chi connectivity index (χ1v) is 9.01. The first kappa shape index (κ1) is 17.2. The Morgan fingerprint density at radius 3 is 2.48 bits per heavy atom. The fraction of sp³-hybridized carbons (Fsp3) is 0.176. The maximum absolute atomic E-state index is 13.7. The van der Waals surface area contributed by atoms with Gasteiger partial charge in [0.25, 0.3) is 5.89 Å². The first-order chi connectivity index (χ1) is 12.0. The average molecular weight is 361 g/mol. The Hall–Kier alpha value is -2.58. The van der Waals surface area contributed by atoms with Gasteiger partial charge in [-0.15, -0.1) is 0 Å². The molecule has 130 valence electrons. The number of hydrogen-bond donors (Lipinski definition) is 0. The quantitative estimate of drug-likeness (QED) is 0.675. The minimum absolute atomic E-state index is 0.0710. The molecular formula is C17H16FN3O3S. The number of rotatable bonds is 6. The predicted molar refractivity (Wildman–Crippen MR) is 89.7 cm³/mol. The van der Waals surface area contributed by atoms with Gasteiger partial charge in [-0.3, -0.25) is 0 Å². The molecule has 0 N–H and O–H groups in total. The molecule has 25 heavy (non-hydrogen) atoms. The van der Waals surface area contributed by atoms with Crippen molar-refractivity contribution in [3.63, 3.8) is 0 Å². The predicted octanol–water partition coefficient (Wildman–Crippen LogP) is 2.74. The Bertz CT molecular complexity index is 958. The van der Waals surface area contributed by atoms with E-state index in [-0.39, 0.29) is 29.3 Å². The Kier molecular flexibility index (Phi) is 4.91. The standard InChI is InChI=1S/C17H16FN3O3S/c1-21(25(22,23)13-7-3-2-4-8-13)12-11-16-19-17(24-20-16)14-9-5-6-10-15(14)18/h2-10H,11-12H2,1H3. The lowest BCUT2D eigenvalue weighted by atomic mass is 10.2. The molecule has 2 aromatic carbocycles. The zero-order valence-corrected chi connectivity index (χ0v) is 14.3. The van der Waals surface area contributed by atoms with Crippen LogP contribution in [0.15, 0.2) is 64.0 Å². The van der Waals surface area contributed by atoms with Crippen molar-refractivity contribution in [2.24, 2.45) is 0 Å². The molecule has 3 aromatic rings. The van der Waals surface area contributed by atoms with Crippen LogP contribution in [-0.2, 0) is 16.4 Å². The van der Waals surface area contributed by atoms with Crippen LogP contribution in [0.1, 0.15) is 5.82 Å². The fourth-order valence-electron chi connectivity index (χ4n) is 2.25. The lowest BCUT2D eigenvalue weighted by Gasteiger charge is -2.16. The Balaban J connectivity index is 1.69. The van der Waals surface area contributed by atoms with Crippen LogP contribution in [0.25, 0.3) is 11.5 Å². The molecule has 0 radical (unpaired) electrons. The topological polar surface area (TPSA) is 76.3 Å². The van der Waals surface area contributed by atoms with E-state index in [1.165, 1.54) is 29.6 Å². The highest BCUT2D eigenvalue weighted by molar-refractivity contribution is 7.89. The Labute approximate surface area is 145 Å². The molecule has 0 amide bonds. The molecule has 0 unspecified atom stereocenters. The number of halogens is 1. The lowest BCUT2D eigenvalue weighted by molar-refractivity contribution is 0.413. The van der Waals surface area contributed by atoms with Crippen LogP contribution >= 0.6 is 0 Å². The van der Waals surface area contributed by atoms with Crippen molar-refractivity contribution in [3.05, 3.63) is 66.2 Å². The smallest absolute Gasteiger partial charge is 0.260 e. The van der Waals surface area contributed by atoms with Gasteiger partial charge < -0.3 is 4.52 Å². The van der Waals surface area contributed by atoms with Gasteiger partial charge in [-0.2, -0.15) is 4.98 Å². The van der Waals surface area contributed by atoms with Crippen molar-refractivity contribution in [2.75, 3.05) is 13.6 Å². The average Bonchev–Trinajstić information content (AvgIpc) is 3.09. The Morgan fingerprint density at radius 2 is 1.76 bits per heavy atom. The third-order valence-corrected chi connectivity index (χ3v) is 5.55. The van der Waals surface area contributed by atoms with Crippen LogP contribution in [0, 0.1) is 5.82 Å². The van der Waals surface area contributed by atoms with E-state index in [9.17, 15) is 12.8 Å². The molecule has 0 aliphatic carbocycles. The summed E-state index contributed by atoms with van der Waals surface area (Å²) in [5.41, 5.74) is 0.214. The minimum Gasteiger partial charge on any atom is -0.334 e. The molecule has 0 spiro atoms. The molecule has 0 fully saturated rings. The number of aromatic nitrogens is 2. The Morgan fingerprint density at radius 1 is 1.08 bits per heavy atom. The summed E-state index contributed by atoms with van der Waals surface area (Å²) in [5.74, 6) is -0.0727. The zero-order chi connectivity index (χ0) is 17.9. The van der Waals surface area contributed by atoms with Gasteiger partial charge >= 0.3 is 0 Å². The van der Waals surface area contributed by atoms with Crippen molar-refractivity contribution >= 4 is 10.0 Å². The second-order valence-electron chi connectivity index (χ2n) is 5.39. The molecule has 0 aliphatic rings.